The standard InChI is InChI=1S/C30H23NO9/c1-10-17(29(37)38)27(40-2)18-11-5-3-4-6-12(11)28-30(10,39)23(18)13-9-16(34)21-22(24(13)31-28)26(36)20-15(33)8-7-14(32)19(20)25(21)35/h3-10,18,23,28,31-34,39H,1-2H3,(H,37,38)/t10-,18-,23+,28-,30+/m0/s1. The van der Waals surface area contributed by atoms with E-state index in [9.17, 15) is 39.9 Å². The fourth-order valence-corrected chi connectivity index (χ4v) is 7.49. The van der Waals surface area contributed by atoms with Gasteiger partial charge in [-0.2, -0.15) is 0 Å². The summed E-state index contributed by atoms with van der Waals surface area (Å²) in [6, 6.07) is 9.80. The quantitative estimate of drug-likeness (QED) is 0.207. The van der Waals surface area contributed by atoms with Crippen molar-refractivity contribution in [1.29, 1.82) is 0 Å². The number of phenolic OH excluding ortho intramolecular Hbond substituents is 3. The number of allylic oxidation sites excluding steroid dienone is 1. The predicted molar refractivity (Wildman–Crippen MR) is 139 cm³/mol. The van der Waals surface area contributed by atoms with E-state index in [0.29, 0.717) is 11.1 Å². The zero-order valence-electron chi connectivity index (χ0n) is 21.2. The highest BCUT2D eigenvalue weighted by atomic mass is 16.5. The van der Waals surface area contributed by atoms with E-state index in [2.05, 4.69) is 5.32 Å². The molecule has 6 N–H and O–H groups in total. The lowest BCUT2D eigenvalue weighted by Gasteiger charge is -2.59. The van der Waals surface area contributed by atoms with E-state index < -0.39 is 69.7 Å². The molecule has 0 fully saturated rings. The second-order valence-corrected chi connectivity index (χ2v) is 10.7. The van der Waals surface area contributed by atoms with Crippen LogP contribution in [0.25, 0.3) is 0 Å². The number of fused-ring (bicyclic) bond motifs is 7. The molecule has 5 atom stereocenters. The average Bonchev–Trinajstić information content (AvgIpc) is 2.91. The van der Waals surface area contributed by atoms with E-state index >= 15 is 0 Å². The molecular formula is C30H23NO9. The van der Waals surface area contributed by atoms with Crippen molar-refractivity contribution in [3.8, 4) is 17.2 Å². The third-order valence-electron chi connectivity index (χ3n) is 9.09. The van der Waals surface area contributed by atoms with Gasteiger partial charge in [0.05, 0.1) is 52.6 Å². The minimum Gasteiger partial charge on any atom is -0.507 e. The largest absolute Gasteiger partial charge is 0.507 e. The van der Waals surface area contributed by atoms with Gasteiger partial charge in [0.25, 0.3) is 0 Å². The van der Waals surface area contributed by atoms with Crippen molar-refractivity contribution >= 4 is 23.2 Å². The van der Waals surface area contributed by atoms with Crippen molar-refractivity contribution < 1.29 is 44.7 Å². The van der Waals surface area contributed by atoms with E-state index in [4.69, 9.17) is 4.74 Å². The van der Waals surface area contributed by atoms with Gasteiger partial charge >= 0.3 is 5.97 Å². The molecule has 40 heavy (non-hydrogen) atoms. The lowest BCUT2D eigenvalue weighted by atomic mass is 9.50. The van der Waals surface area contributed by atoms with Crippen LogP contribution in [0.15, 0.2) is 53.8 Å². The number of anilines is 1. The van der Waals surface area contributed by atoms with Crippen LogP contribution in [0.2, 0.25) is 0 Å². The van der Waals surface area contributed by atoms with Gasteiger partial charge in [-0.1, -0.05) is 31.2 Å². The first-order valence-corrected chi connectivity index (χ1v) is 12.7. The number of rotatable bonds is 2. The molecule has 0 aromatic heterocycles. The van der Waals surface area contributed by atoms with Gasteiger partial charge in [0.1, 0.15) is 28.6 Å². The first-order chi connectivity index (χ1) is 19.0. The highest BCUT2D eigenvalue weighted by molar-refractivity contribution is 6.33. The summed E-state index contributed by atoms with van der Waals surface area (Å²) in [5.74, 6) is -6.88. The molecule has 4 aliphatic rings. The maximum Gasteiger partial charge on any atom is 0.335 e. The topological polar surface area (TPSA) is 174 Å². The summed E-state index contributed by atoms with van der Waals surface area (Å²) in [4.78, 5) is 39.9. The Kier molecular flexibility index (Phi) is 4.62. The summed E-state index contributed by atoms with van der Waals surface area (Å²) in [5.41, 5.74) is -1.27. The average molecular weight is 542 g/mol. The van der Waals surface area contributed by atoms with Crippen LogP contribution in [0.3, 0.4) is 0 Å². The monoisotopic (exact) mass is 541 g/mol. The molecule has 1 heterocycles. The van der Waals surface area contributed by atoms with Gasteiger partial charge in [0, 0.05) is 11.8 Å². The zero-order valence-corrected chi connectivity index (χ0v) is 21.2. The molecule has 10 nitrogen and oxygen atoms in total. The highest BCUT2D eigenvalue weighted by Crippen LogP contribution is 2.67. The number of benzene rings is 3. The van der Waals surface area contributed by atoms with Crippen molar-refractivity contribution in [2.24, 2.45) is 5.92 Å². The zero-order chi connectivity index (χ0) is 28.4. The molecule has 0 spiro atoms. The number of carbonyl (C=O) groups is 3. The molecule has 0 amide bonds. The summed E-state index contributed by atoms with van der Waals surface area (Å²) in [6.07, 6.45) is 0. The van der Waals surface area contributed by atoms with Gasteiger partial charge in [-0.25, -0.2) is 4.79 Å². The normalized spacial score (nSPS) is 27.2. The summed E-state index contributed by atoms with van der Waals surface area (Å²) in [6.45, 7) is 1.60. The van der Waals surface area contributed by atoms with Crippen molar-refractivity contribution in [3.63, 3.8) is 0 Å². The molecule has 0 radical (unpaired) electrons. The Bertz CT molecular complexity index is 1770. The Hall–Kier alpha value is -4.83. The van der Waals surface area contributed by atoms with Crippen LogP contribution in [0.1, 0.15) is 73.3 Å². The van der Waals surface area contributed by atoms with Gasteiger partial charge < -0.3 is 35.6 Å². The Balaban J connectivity index is 1.58. The van der Waals surface area contributed by atoms with Crippen molar-refractivity contribution in [2.75, 3.05) is 12.4 Å². The first kappa shape index (κ1) is 24.2. The van der Waals surface area contributed by atoms with E-state index in [1.807, 2.05) is 6.07 Å². The maximum atomic E-state index is 13.9. The fourth-order valence-electron chi connectivity index (χ4n) is 7.49. The minimum absolute atomic E-state index is 0.0706. The maximum absolute atomic E-state index is 13.9. The molecule has 202 valence electrons. The van der Waals surface area contributed by atoms with E-state index in [1.54, 1.807) is 25.1 Å². The van der Waals surface area contributed by atoms with Gasteiger partial charge in [0.15, 0.2) is 0 Å². The van der Waals surface area contributed by atoms with Gasteiger partial charge in [-0.3, -0.25) is 9.59 Å². The van der Waals surface area contributed by atoms with E-state index in [1.165, 1.54) is 13.2 Å². The Morgan fingerprint density at radius 2 is 1.45 bits per heavy atom. The number of carbonyl (C=O) groups excluding carboxylic acids is 2. The second-order valence-electron chi connectivity index (χ2n) is 10.7. The predicted octanol–water partition coefficient (Wildman–Crippen LogP) is 3.29. The number of aromatic hydroxyl groups is 3. The molecule has 1 aliphatic heterocycles. The SMILES string of the molecule is COC1=C(C(=O)O)[C@H](C)[C@@]2(O)[C@@H]3c4cc(O)c5c(c4N[C@H]2c2ccccc2[C@H]13)C(=O)c1c(O)ccc(O)c1C5=O. The number of ether oxygens (including phenoxy) is 1. The number of hydrogen-bond donors (Lipinski definition) is 6. The van der Waals surface area contributed by atoms with Crippen molar-refractivity contribution in [3.05, 3.63) is 92.7 Å². The van der Waals surface area contributed by atoms with Crippen LogP contribution in [0.5, 0.6) is 17.2 Å². The van der Waals surface area contributed by atoms with E-state index in [0.717, 1.165) is 17.7 Å². The Labute approximate surface area is 226 Å². The summed E-state index contributed by atoms with van der Waals surface area (Å²) < 4.78 is 5.71. The highest BCUT2D eigenvalue weighted by Gasteiger charge is 2.65. The Morgan fingerprint density at radius 3 is 2.05 bits per heavy atom. The summed E-state index contributed by atoms with van der Waals surface area (Å²) >= 11 is 0. The molecule has 3 aromatic carbocycles. The van der Waals surface area contributed by atoms with Crippen LogP contribution in [0, 0.1) is 5.92 Å². The van der Waals surface area contributed by atoms with Gasteiger partial charge in [0.2, 0.25) is 11.6 Å². The van der Waals surface area contributed by atoms with Crippen LogP contribution in [0.4, 0.5) is 5.69 Å². The van der Waals surface area contributed by atoms with Crippen molar-refractivity contribution in [1.82, 2.24) is 0 Å². The number of hydrogen-bond acceptors (Lipinski definition) is 9. The number of nitrogens with one attached hydrogen (secondary N) is 1. The number of carboxylic acids is 1. The second kappa shape index (κ2) is 7.64. The molecule has 10 heteroatoms. The molecule has 0 unspecified atom stereocenters. The number of carboxylic acid groups (broad SMARTS) is 1. The number of aliphatic carboxylic acids is 1. The Morgan fingerprint density at radius 1 is 0.875 bits per heavy atom. The minimum atomic E-state index is -1.73. The number of aliphatic hydroxyl groups is 1. The van der Waals surface area contributed by atoms with Crippen LogP contribution in [-0.4, -0.2) is 55.8 Å². The molecule has 4 bridgehead atoms. The lowest BCUT2D eigenvalue weighted by Crippen LogP contribution is -2.61. The summed E-state index contributed by atoms with van der Waals surface area (Å²) in [5, 5.41) is 58.0. The fraction of sp³-hybridized carbons (Fsp3) is 0.233. The van der Waals surface area contributed by atoms with E-state index in [-0.39, 0.29) is 33.7 Å². The molecular weight excluding hydrogens is 518 g/mol. The van der Waals surface area contributed by atoms with Crippen molar-refractivity contribution in [2.45, 2.75) is 30.4 Å². The molecule has 3 aliphatic carbocycles. The third kappa shape index (κ3) is 2.59. The van der Waals surface area contributed by atoms with Crippen LogP contribution < -0.4 is 5.32 Å². The summed E-state index contributed by atoms with van der Waals surface area (Å²) in [7, 11) is 1.37. The number of ketones is 2. The van der Waals surface area contributed by atoms with Crippen LogP contribution >= 0.6 is 0 Å². The smallest absolute Gasteiger partial charge is 0.335 e. The number of methoxy groups -OCH3 is 1. The van der Waals surface area contributed by atoms with Gasteiger partial charge in [-0.05, 0) is 34.9 Å². The number of phenols is 3. The molecule has 0 saturated carbocycles. The molecule has 0 saturated heterocycles. The lowest BCUT2D eigenvalue weighted by molar-refractivity contribution is -0.138. The molecule has 7 rings (SSSR count). The molecule has 3 aromatic rings. The third-order valence-corrected chi connectivity index (χ3v) is 9.09. The van der Waals surface area contributed by atoms with Gasteiger partial charge in [-0.15, -0.1) is 0 Å². The van der Waals surface area contributed by atoms with Crippen LogP contribution in [-0.2, 0) is 9.53 Å². The first-order valence-electron chi connectivity index (χ1n) is 12.7.